The largest absolute Gasteiger partial charge is 0.354 e. The normalized spacial score (nSPS) is 10.2. The SMILES string of the molecule is CCCCN(CCN)c1ccc(C(=O)NC)nn1. The molecule has 0 fully saturated rings. The van der Waals surface area contributed by atoms with Gasteiger partial charge in [-0.1, -0.05) is 13.3 Å². The molecule has 1 aromatic rings. The molecule has 0 saturated heterocycles. The fraction of sp³-hybridized carbons (Fsp3) is 0.583. The number of amides is 1. The van der Waals surface area contributed by atoms with Crippen molar-refractivity contribution in [1.82, 2.24) is 15.5 Å². The molecule has 6 heteroatoms. The Morgan fingerprint density at radius 3 is 2.67 bits per heavy atom. The van der Waals surface area contributed by atoms with E-state index in [9.17, 15) is 4.79 Å². The van der Waals surface area contributed by atoms with Gasteiger partial charge in [-0.3, -0.25) is 4.79 Å². The van der Waals surface area contributed by atoms with Gasteiger partial charge in [-0.25, -0.2) is 0 Å². The van der Waals surface area contributed by atoms with Crippen LogP contribution < -0.4 is 16.0 Å². The number of carbonyl (C=O) groups excluding carboxylic acids is 1. The molecule has 6 nitrogen and oxygen atoms in total. The quantitative estimate of drug-likeness (QED) is 0.733. The van der Waals surface area contributed by atoms with Crippen molar-refractivity contribution in [1.29, 1.82) is 0 Å². The topological polar surface area (TPSA) is 84.1 Å². The van der Waals surface area contributed by atoms with Gasteiger partial charge in [0.1, 0.15) is 0 Å². The van der Waals surface area contributed by atoms with Crippen LogP contribution in [-0.2, 0) is 0 Å². The molecule has 0 saturated carbocycles. The Hall–Kier alpha value is -1.69. The monoisotopic (exact) mass is 251 g/mol. The lowest BCUT2D eigenvalue weighted by Gasteiger charge is -2.22. The van der Waals surface area contributed by atoms with Crippen LogP contribution in [0, 0.1) is 0 Å². The molecule has 3 N–H and O–H groups in total. The zero-order chi connectivity index (χ0) is 13.4. The highest BCUT2D eigenvalue weighted by molar-refractivity contribution is 5.91. The number of nitrogens with one attached hydrogen (secondary N) is 1. The van der Waals surface area contributed by atoms with Crippen molar-refractivity contribution in [2.24, 2.45) is 5.73 Å². The summed E-state index contributed by atoms with van der Waals surface area (Å²) in [4.78, 5) is 13.4. The third-order valence-corrected chi connectivity index (χ3v) is 2.61. The molecule has 0 aliphatic heterocycles. The number of nitrogens with zero attached hydrogens (tertiary/aromatic N) is 3. The number of hydrogen-bond donors (Lipinski definition) is 2. The van der Waals surface area contributed by atoms with Crippen LogP contribution in [-0.4, -0.2) is 42.8 Å². The fourth-order valence-corrected chi connectivity index (χ4v) is 1.59. The van der Waals surface area contributed by atoms with Crippen molar-refractivity contribution < 1.29 is 4.79 Å². The molecule has 1 heterocycles. The maximum atomic E-state index is 11.3. The first-order chi connectivity index (χ1) is 8.72. The molecule has 0 radical (unpaired) electrons. The second-order valence-corrected chi connectivity index (χ2v) is 3.99. The van der Waals surface area contributed by atoms with Crippen LogP contribution in [0.5, 0.6) is 0 Å². The van der Waals surface area contributed by atoms with Gasteiger partial charge in [-0.05, 0) is 18.6 Å². The van der Waals surface area contributed by atoms with E-state index in [1.807, 2.05) is 6.07 Å². The van der Waals surface area contributed by atoms with Gasteiger partial charge in [0.25, 0.3) is 5.91 Å². The number of hydrogen-bond acceptors (Lipinski definition) is 5. The molecule has 0 bridgehead atoms. The highest BCUT2D eigenvalue weighted by atomic mass is 16.1. The van der Waals surface area contributed by atoms with E-state index in [1.54, 1.807) is 13.1 Å². The minimum atomic E-state index is -0.229. The molecular formula is C12H21N5O. The first kappa shape index (κ1) is 14.4. The lowest BCUT2D eigenvalue weighted by atomic mass is 10.3. The molecule has 1 amide bonds. The van der Waals surface area contributed by atoms with Crippen LogP contribution in [0.2, 0.25) is 0 Å². The summed E-state index contributed by atoms with van der Waals surface area (Å²) in [6.45, 7) is 4.36. The average Bonchev–Trinajstić information content (AvgIpc) is 2.43. The fourth-order valence-electron chi connectivity index (χ4n) is 1.59. The van der Waals surface area contributed by atoms with E-state index in [0.29, 0.717) is 12.2 Å². The molecule has 1 rings (SSSR count). The van der Waals surface area contributed by atoms with E-state index in [2.05, 4.69) is 27.3 Å². The van der Waals surface area contributed by atoms with Crippen molar-refractivity contribution in [3.8, 4) is 0 Å². The Morgan fingerprint density at radius 1 is 1.39 bits per heavy atom. The molecule has 0 aliphatic carbocycles. The van der Waals surface area contributed by atoms with Crippen molar-refractivity contribution in [3.63, 3.8) is 0 Å². The molecule has 0 spiro atoms. The zero-order valence-corrected chi connectivity index (χ0v) is 11.0. The van der Waals surface area contributed by atoms with Gasteiger partial charge >= 0.3 is 0 Å². The lowest BCUT2D eigenvalue weighted by Crippen LogP contribution is -2.31. The summed E-state index contributed by atoms with van der Waals surface area (Å²) in [6.07, 6.45) is 2.20. The van der Waals surface area contributed by atoms with Gasteiger partial charge in [-0.2, -0.15) is 0 Å². The number of nitrogens with two attached hydrogens (primary N) is 1. The zero-order valence-electron chi connectivity index (χ0n) is 11.0. The summed E-state index contributed by atoms with van der Waals surface area (Å²) in [5, 5.41) is 10.5. The van der Waals surface area contributed by atoms with Crippen LogP contribution >= 0.6 is 0 Å². The molecule has 0 unspecified atom stereocenters. The Balaban J connectivity index is 2.76. The van der Waals surface area contributed by atoms with Crippen molar-refractivity contribution >= 4 is 11.7 Å². The standard InChI is InChI=1S/C12H21N5O/c1-3-4-8-17(9-7-13)11-6-5-10(15-16-11)12(18)14-2/h5-6H,3-4,7-9,13H2,1-2H3,(H,14,18). The third-order valence-electron chi connectivity index (χ3n) is 2.61. The van der Waals surface area contributed by atoms with E-state index in [1.165, 1.54) is 0 Å². The number of rotatable bonds is 7. The summed E-state index contributed by atoms with van der Waals surface area (Å²) < 4.78 is 0. The second kappa shape index (κ2) is 7.60. The first-order valence-corrected chi connectivity index (χ1v) is 6.23. The Morgan fingerprint density at radius 2 is 2.17 bits per heavy atom. The maximum Gasteiger partial charge on any atom is 0.271 e. The summed E-state index contributed by atoms with van der Waals surface area (Å²) in [6, 6.07) is 3.49. The van der Waals surface area contributed by atoms with E-state index >= 15 is 0 Å². The Kier molecular flexibility index (Phi) is 6.07. The van der Waals surface area contributed by atoms with Gasteiger partial charge in [0, 0.05) is 26.7 Å². The van der Waals surface area contributed by atoms with Crippen LogP contribution in [0.15, 0.2) is 12.1 Å². The number of aromatic nitrogens is 2. The van der Waals surface area contributed by atoms with Crippen LogP contribution in [0.1, 0.15) is 30.3 Å². The van der Waals surface area contributed by atoms with Crippen molar-refractivity contribution in [3.05, 3.63) is 17.8 Å². The Bertz CT molecular complexity index is 365. The van der Waals surface area contributed by atoms with Gasteiger partial charge in [-0.15, -0.1) is 10.2 Å². The van der Waals surface area contributed by atoms with E-state index < -0.39 is 0 Å². The number of anilines is 1. The number of carbonyl (C=O) groups is 1. The molecule has 100 valence electrons. The second-order valence-electron chi connectivity index (χ2n) is 3.99. The van der Waals surface area contributed by atoms with Crippen LogP contribution in [0.25, 0.3) is 0 Å². The van der Waals surface area contributed by atoms with Gasteiger partial charge < -0.3 is 16.0 Å². The summed E-state index contributed by atoms with van der Waals surface area (Å²) in [5.74, 6) is 0.537. The molecular weight excluding hydrogens is 230 g/mol. The minimum absolute atomic E-state index is 0.229. The van der Waals surface area contributed by atoms with Crippen LogP contribution in [0.4, 0.5) is 5.82 Å². The van der Waals surface area contributed by atoms with E-state index in [-0.39, 0.29) is 5.91 Å². The van der Waals surface area contributed by atoms with Crippen molar-refractivity contribution in [2.45, 2.75) is 19.8 Å². The van der Waals surface area contributed by atoms with Gasteiger partial charge in [0.05, 0.1) is 0 Å². The highest BCUT2D eigenvalue weighted by Gasteiger charge is 2.10. The lowest BCUT2D eigenvalue weighted by molar-refractivity contribution is 0.0957. The highest BCUT2D eigenvalue weighted by Crippen LogP contribution is 2.10. The molecule has 1 aromatic heterocycles. The van der Waals surface area contributed by atoms with Crippen LogP contribution in [0.3, 0.4) is 0 Å². The summed E-state index contributed by atoms with van der Waals surface area (Å²) in [7, 11) is 1.57. The van der Waals surface area contributed by atoms with Crippen molar-refractivity contribution in [2.75, 3.05) is 31.6 Å². The predicted octanol–water partition coefficient (Wildman–Crippen LogP) is 0.401. The summed E-state index contributed by atoms with van der Waals surface area (Å²) >= 11 is 0. The number of unbranched alkanes of at least 4 members (excludes halogenated alkanes) is 1. The average molecular weight is 251 g/mol. The molecule has 18 heavy (non-hydrogen) atoms. The smallest absolute Gasteiger partial charge is 0.271 e. The maximum absolute atomic E-state index is 11.3. The molecule has 0 aliphatic rings. The van der Waals surface area contributed by atoms with E-state index in [0.717, 1.165) is 31.7 Å². The van der Waals surface area contributed by atoms with Gasteiger partial charge in [0.15, 0.2) is 11.5 Å². The molecule has 0 atom stereocenters. The summed E-state index contributed by atoms with van der Waals surface area (Å²) in [5.41, 5.74) is 5.91. The van der Waals surface area contributed by atoms with E-state index in [4.69, 9.17) is 5.73 Å². The predicted molar refractivity (Wildman–Crippen MR) is 71.6 cm³/mol. The van der Waals surface area contributed by atoms with Gasteiger partial charge in [0.2, 0.25) is 0 Å². The minimum Gasteiger partial charge on any atom is -0.354 e. The first-order valence-electron chi connectivity index (χ1n) is 6.23. The Labute approximate surface area is 108 Å². The third kappa shape index (κ3) is 3.96. The molecule has 0 aromatic carbocycles.